The van der Waals surface area contributed by atoms with Crippen LogP contribution in [-0.2, 0) is 4.79 Å². The number of carbonyl (C=O) groups is 2. The number of hydrogen-bond donors (Lipinski definition) is 0. The lowest BCUT2D eigenvalue weighted by Gasteiger charge is -2.20. The van der Waals surface area contributed by atoms with Crippen LogP contribution in [0.15, 0.2) is 40.2 Å². The predicted molar refractivity (Wildman–Crippen MR) is 66.2 cm³/mol. The van der Waals surface area contributed by atoms with Crippen LogP contribution < -0.4 is 0 Å². The van der Waals surface area contributed by atoms with E-state index in [-0.39, 0.29) is 17.7 Å². The SMILES string of the molecule is CC(C)C1N=NC2=C1c1ccccc1C(=O)C2=O. The van der Waals surface area contributed by atoms with Crippen molar-refractivity contribution >= 4 is 17.1 Å². The third-order valence-corrected chi connectivity index (χ3v) is 3.35. The minimum Gasteiger partial charge on any atom is -0.285 e. The van der Waals surface area contributed by atoms with Gasteiger partial charge in [0.05, 0.1) is 0 Å². The summed E-state index contributed by atoms with van der Waals surface area (Å²) in [5.74, 6) is -0.765. The Balaban J connectivity index is 2.27. The van der Waals surface area contributed by atoms with Crippen LogP contribution in [-0.4, -0.2) is 17.6 Å². The van der Waals surface area contributed by atoms with E-state index in [0.717, 1.165) is 11.1 Å². The first-order valence-electron chi connectivity index (χ1n) is 5.94. The monoisotopic (exact) mass is 240 g/mol. The fourth-order valence-corrected chi connectivity index (χ4v) is 2.44. The normalized spacial score (nSPS) is 21.6. The van der Waals surface area contributed by atoms with Gasteiger partial charge in [-0.05, 0) is 11.5 Å². The van der Waals surface area contributed by atoms with Crippen molar-refractivity contribution in [1.82, 2.24) is 0 Å². The highest BCUT2D eigenvalue weighted by Crippen LogP contribution is 2.40. The molecular formula is C14H12N2O2. The second-order valence-electron chi connectivity index (χ2n) is 4.87. The van der Waals surface area contributed by atoms with Crippen LogP contribution in [0.25, 0.3) is 5.57 Å². The van der Waals surface area contributed by atoms with Gasteiger partial charge >= 0.3 is 0 Å². The van der Waals surface area contributed by atoms with Gasteiger partial charge in [0, 0.05) is 11.1 Å². The average Bonchev–Trinajstić information content (AvgIpc) is 2.81. The first kappa shape index (κ1) is 11.0. The minimum atomic E-state index is -0.532. The van der Waals surface area contributed by atoms with E-state index >= 15 is 0 Å². The number of hydrogen-bond acceptors (Lipinski definition) is 4. The maximum atomic E-state index is 12.0. The van der Waals surface area contributed by atoms with Crippen molar-refractivity contribution in [3.8, 4) is 0 Å². The van der Waals surface area contributed by atoms with Gasteiger partial charge in [-0.3, -0.25) is 9.59 Å². The number of ketones is 2. The van der Waals surface area contributed by atoms with Gasteiger partial charge in [0.25, 0.3) is 5.78 Å². The molecule has 90 valence electrons. The minimum absolute atomic E-state index is 0.127. The van der Waals surface area contributed by atoms with Crippen molar-refractivity contribution in [2.24, 2.45) is 16.1 Å². The van der Waals surface area contributed by atoms with Crippen LogP contribution in [0.2, 0.25) is 0 Å². The second kappa shape index (κ2) is 3.70. The van der Waals surface area contributed by atoms with E-state index in [4.69, 9.17) is 0 Å². The highest BCUT2D eigenvalue weighted by Gasteiger charge is 2.39. The van der Waals surface area contributed by atoms with Crippen molar-refractivity contribution in [1.29, 1.82) is 0 Å². The van der Waals surface area contributed by atoms with E-state index in [1.807, 2.05) is 26.0 Å². The van der Waals surface area contributed by atoms with Gasteiger partial charge < -0.3 is 0 Å². The summed E-state index contributed by atoms with van der Waals surface area (Å²) < 4.78 is 0. The molecule has 0 amide bonds. The molecule has 0 saturated carbocycles. The van der Waals surface area contributed by atoms with Crippen LogP contribution in [0.3, 0.4) is 0 Å². The average molecular weight is 240 g/mol. The number of nitrogens with zero attached hydrogens (tertiary/aromatic N) is 2. The Hall–Kier alpha value is -2.10. The van der Waals surface area contributed by atoms with E-state index in [9.17, 15) is 9.59 Å². The van der Waals surface area contributed by atoms with E-state index < -0.39 is 11.6 Å². The molecule has 1 aliphatic heterocycles. The van der Waals surface area contributed by atoms with Crippen molar-refractivity contribution in [3.63, 3.8) is 0 Å². The summed E-state index contributed by atoms with van der Waals surface area (Å²) in [4.78, 5) is 23.9. The van der Waals surface area contributed by atoms with Crippen molar-refractivity contribution in [2.45, 2.75) is 19.9 Å². The molecule has 1 unspecified atom stereocenters. The lowest BCUT2D eigenvalue weighted by molar-refractivity contribution is -0.111. The van der Waals surface area contributed by atoms with E-state index in [2.05, 4.69) is 10.2 Å². The van der Waals surface area contributed by atoms with Crippen LogP contribution in [0.4, 0.5) is 0 Å². The molecule has 2 aliphatic rings. The molecule has 1 atom stereocenters. The number of fused-ring (bicyclic) bond motifs is 2. The number of allylic oxidation sites excluding steroid dienone is 1. The maximum Gasteiger partial charge on any atom is 0.254 e. The molecule has 4 heteroatoms. The molecule has 1 aromatic rings. The van der Waals surface area contributed by atoms with Gasteiger partial charge in [-0.15, -0.1) is 0 Å². The summed E-state index contributed by atoms with van der Waals surface area (Å²) >= 11 is 0. The number of Topliss-reactive ketones (excluding diaryl/α,β-unsaturated/α-hetero) is 2. The summed E-state index contributed by atoms with van der Waals surface area (Å²) in [5, 5.41) is 8.07. The van der Waals surface area contributed by atoms with Crippen molar-refractivity contribution in [3.05, 3.63) is 41.1 Å². The third-order valence-electron chi connectivity index (χ3n) is 3.35. The summed E-state index contributed by atoms with van der Waals surface area (Å²) in [6.45, 7) is 4.06. The van der Waals surface area contributed by atoms with Gasteiger partial charge in [-0.2, -0.15) is 10.2 Å². The largest absolute Gasteiger partial charge is 0.285 e. The molecule has 1 heterocycles. The third kappa shape index (κ3) is 1.32. The Morgan fingerprint density at radius 1 is 1.06 bits per heavy atom. The Labute approximate surface area is 104 Å². The number of carbonyl (C=O) groups excluding carboxylic acids is 2. The van der Waals surface area contributed by atoms with Crippen molar-refractivity contribution in [2.75, 3.05) is 0 Å². The maximum absolute atomic E-state index is 12.0. The molecule has 18 heavy (non-hydrogen) atoms. The predicted octanol–water partition coefficient (Wildman–Crippen LogP) is 2.65. The summed E-state index contributed by atoms with van der Waals surface area (Å²) in [6.07, 6.45) is 0. The molecular weight excluding hydrogens is 228 g/mol. The van der Waals surface area contributed by atoms with Gasteiger partial charge in [0.1, 0.15) is 11.7 Å². The fourth-order valence-electron chi connectivity index (χ4n) is 2.44. The van der Waals surface area contributed by atoms with Crippen LogP contribution in [0, 0.1) is 5.92 Å². The summed E-state index contributed by atoms with van der Waals surface area (Å²) in [5.41, 5.74) is 2.32. The van der Waals surface area contributed by atoms with Crippen LogP contribution in [0.5, 0.6) is 0 Å². The van der Waals surface area contributed by atoms with Crippen LogP contribution >= 0.6 is 0 Å². The molecule has 0 bridgehead atoms. The number of rotatable bonds is 1. The zero-order valence-electron chi connectivity index (χ0n) is 10.2. The van der Waals surface area contributed by atoms with E-state index in [1.165, 1.54) is 0 Å². The molecule has 0 radical (unpaired) electrons. The topological polar surface area (TPSA) is 58.9 Å². The zero-order chi connectivity index (χ0) is 12.9. The number of azo groups is 1. The lowest BCUT2D eigenvalue weighted by Crippen LogP contribution is -2.25. The summed E-state index contributed by atoms with van der Waals surface area (Å²) in [7, 11) is 0. The molecule has 1 aliphatic carbocycles. The zero-order valence-corrected chi connectivity index (χ0v) is 10.2. The number of benzene rings is 1. The molecule has 0 fully saturated rings. The Bertz CT molecular complexity index is 626. The molecule has 3 rings (SSSR count). The smallest absolute Gasteiger partial charge is 0.254 e. The molecule has 0 N–H and O–H groups in total. The first-order chi connectivity index (χ1) is 8.61. The highest BCUT2D eigenvalue weighted by molar-refractivity contribution is 6.52. The molecule has 1 aromatic carbocycles. The van der Waals surface area contributed by atoms with Gasteiger partial charge in [0.2, 0.25) is 5.78 Å². The van der Waals surface area contributed by atoms with E-state index in [0.29, 0.717) is 5.56 Å². The van der Waals surface area contributed by atoms with Crippen molar-refractivity contribution < 1.29 is 9.59 Å². The quantitative estimate of drug-likeness (QED) is 0.708. The first-order valence-corrected chi connectivity index (χ1v) is 5.94. The highest BCUT2D eigenvalue weighted by atomic mass is 16.2. The van der Waals surface area contributed by atoms with E-state index in [1.54, 1.807) is 12.1 Å². The van der Waals surface area contributed by atoms with Gasteiger partial charge in [-0.25, -0.2) is 0 Å². The van der Waals surface area contributed by atoms with Crippen LogP contribution in [0.1, 0.15) is 29.8 Å². The van der Waals surface area contributed by atoms with Gasteiger partial charge in [-0.1, -0.05) is 38.1 Å². The standard InChI is InChI=1S/C14H12N2O2/c1-7(2)11-10-8-5-3-4-6-9(8)13(17)14(18)12(10)16-15-11/h3-7,11H,1-2H3. The molecule has 4 nitrogen and oxygen atoms in total. The molecule has 0 saturated heterocycles. The summed E-state index contributed by atoms with van der Waals surface area (Å²) in [6, 6.07) is 7.06. The Morgan fingerprint density at radius 2 is 1.72 bits per heavy atom. The molecule has 0 spiro atoms. The fraction of sp³-hybridized carbons (Fsp3) is 0.286. The second-order valence-corrected chi connectivity index (χ2v) is 4.87. The Morgan fingerprint density at radius 3 is 2.39 bits per heavy atom. The lowest BCUT2D eigenvalue weighted by atomic mass is 9.81. The Kier molecular flexibility index (Phi) is 2.26. The molecule has 0 aromatic heterocycles. The van der Waals surface area contributed by atoms with Gasteiger partial charge in [0.15, 0.2) is 0 Å².